The van der Waals surface area contributed by atoms with Crippen LogP contribution in [0.3, 0.4) is 0 Å². The van der Waals surface area contributed by atoms with Gasteiger partial charge in [0, 0.05) is 17.5 Å². The van der Waals surface area contributed by atoms with Gasteiger partial charge >= 0.3 is 11.8 Å². The smallest absolute Gasteiger partial charge is 0.411 e. The third-order valence-corrected chi connectivity index (χ3v) is 4.48. The van der Waals surface area contributed by atoms with Gasteiger partial charge in [0.05, 0.1) is 11.5 Å². The molecule has 1 aromatic heterocycles. The van der Waals surface area contributed by atoms with Gasteiger partial charge < -0.3 is 9.15 Å². The van der Waals surface area contributed by atoms with E-state index in [1.54, 1.807) is 0 Å². The highest BCUT2D eigenvalue weighted by Gasteiger charge is 2.28. The number of sulfonamides is 1. The summed E-state index contributed by atoms with van der Waals surface area (Å²) in [6, 6.07) is 5.56. The first-order chi connectivity index (χ1) is 11.1. The maximum absolute atomic E-state index is 12.2. The zero-order valence-corrected chi connectivity index (χ0v) is 13.3. The summed E-state index contributed by atoms with van der Waals surface area (Å²) >= 11 is 0. The van der Waals surface area contributed by atoms with E-state index in [4.69, 9.17) is 4.42 Å². The van der Waals surface area contributed by atoms with Crippen LogP contribution in [0.2, 0.25) is 0 Å². The van der Waals surface area contributed by atoms with Gasteiger partial charge in [-0.05, 0) is 31.2 Å². The molecule has 1 aromatic carbocycles. The van der Waals surface area contributed by atoms with Crippen molar-refractivity contribution in [3.63, 3.8) is 0 Å². The number of ether oxygens (including phenoxy) is 1. The fourth-order valence-corrected chi connectivity index (χ4v) is 3.20. The second-order valence-electron chi connectivity index (χ2n) is 5.11. The SMILES string of the molecule is C[C@@H](COCC(F)(F)F)NS(=O)(=O)c1ccc2oc(=O)ccc2c1. The normalized spacial score (nSPS) is 14.0. The molecule has 0 amide bonds. The number of hydrogen-bond acceptors (Lipinski definition) is 5. The molecule has 1 heterocycles. The van der Waals surface area contributed by atoms with Crippen LogP contribution in [0, 0.1) is 0 Å². The second kappa shape index (κ2) is 6.91. The largest absolute Gasteiger partial charge is 0.423 e. The molecule has 0 aliphatic carbocycles. The van der Waals surface area contributed by atoms with E-state index in [0.717, 1.165) is 6.07 Å². The van der Waals surface area contributed by atoms with Crippen LogP contribution in [0.25, 0.3) is 11.0 Å². The van der Waals surface area contributed by atoms with Gasteiger partial charge in [-0.2, -0.15) is 13.2 Å². The van der Waals surface area contributed by atoms with Gasteiger partial charge in [0.2, 0.25) is 10.0 Å². The average Bonchev–Trinajstić information content (AvgIpc) is 2.44. The number of hydrogen-bond donors (Lipinski definition) is 1. The van der Waals surface area contributed by atoms with Gasteiger partial charge in [-0.1, -0.05) is 0 Å². The molecular formula is C14H14F3NO5S. The summed E-state index contributed by atoms with van der Waals surface area (Å²) in [5, 5.41) is 0.401. The Morgan fingerprint density at radius 2 is 1.96 bits per heavy atom. The van der Waals surface area contributed by atoms with Crippen molar-refractivity contribution in [2.75, 3.05) is 13.2 Å². The Bertz CT molecular complexity index is 876. The number of fused-ring (bicyclic) bond motifs is 1. The number of benzene rings is 1. The van der Waals surface area contributed by atoms with Crippen molar-refractivity contribution in [1.82, 2.24) is 4.72 Å². The molecule has 24 heavy (non-hydrogen) atoms. The Balaban J connectivity index is 2.09. The molecule has 0 aliphatic heterocycles. The maximum Gasteiger partial charge on any atom is 0.411 e. The van der Waals surface area contributed by atoms with Crippen LogP contribution in [-0.4, -0.2) is 33.8 Å². The van der Waals surface area contributed by atoms with E-state index >= 15 is 0 Å². The summed E-state index contributed by atoms with van der Waals surface area (Å²) in [7, 11) is -3.96. The van der Waals surface area contributed by atoms with Gasteiger partial charge in [0.1, 0.15) is 12.2 Å². The summed E-state index contributed by atoms with van der Waals surface area (Å²) in [5.41, 5.74) is -0.338. The zero-order chi connectivity index (χ0) is 18.0. The third-order valence-electron chi connectivity index (χ3n) is 2.89. The molecule has 0 saturated heterocycles. The van der Waals surface area contributed by atoms with E-state index < -0.39 is 41.1 Å². The summed E-state index contributed by atoms with van der Waals surface area (Å²) in [4.78, 5) is 11.0. The second-order valence-corrected chi connectivity index (χ2v) is 6.82. The highest BCUT2D eigenvalue weighted by molar-refractivity contribution is 7.89. The topological polar surface area (TPSA) is 85.6 Å². The number of nitrogens with one attached hydrogen (secondary N) is 1. The van der Waals surface area contributed by atoms with E-state index in [9.17, 15) is 26.4 Å². The zero-order valence-electron chi connectivity index (χ0n) is 12.5. The molecule has 0 unspecified atom stereocenters. The highest BCUT2D eigenvalue weighted by Crippen LogP contribution is 2.18. The van der Waals surface area contributed by atoms with Crippen molar-refractivity contribution >= 4 is 21.0 Å². The van der Waals surface area contributed by atoms with Crippen LogP contribution in [-0.2, 0) is 14.8 Å². The van der Waals surface area contributed by atoms with Crippen LogP contribution >= 0.6 is 0 Å². The van der Waals surface area contributed by atoms with Crippen LogP contribution in [0.5, 0.6) is 0 Å². The molecule has 1 N–H and O–H groups in total. The Morgan fingerprint density at radius 1 is 1.25 bits per heavy atom. The Morgan fingerprint density at radius 3 is 2.62 bits per heavy atom. The van der Waals surface area contributed by atoms with Crippen molar-refractivity contribution in [3.05, 3.63) is 40.8 Å². The molecule has 2 rings (SSSR count). The Labute approximate surface area is 135 Å². The lowest BCUT2D eigenvalue weighted by Gasteiger charge is -2.15. The monoisotopic (exact) mass is 365 g/mol. The molecular weight excluding hydrogens is 351 g/mol. The molecule has 10 heteroatoms. The van der Waals surface area contributed by atoms with E-state index in [1.807, 2.05) is 0 Å². The van der Waals surface area contributed by atoms with Crippen LogP contribution in [0.15, 0.2) is 44.4 Å². The number of halogens is 3. The number of rotatable bonds is 6. The van der Waals surface area contributed by atoms with Gasteiger partial charge in [0.25, 0.3) is 0 Å². The molecule has 0 radical (unpaired) electrons. The van der Waals surface area contributed by atoms with Gasteiger partial charge in [-0.25, -0.2) is 17.9 Å². The molecule has 0 bridgehead atoms. The van der Waals surface area contributed by atoms with E-state index in [1.165, 1.54) is 31.2 Å². The molecule has 2 aromatic rings. The van der Waals surface area contributed by atoms with Crippen molar-refractivity contribution < 1.29 is 30.7 Å². The first-order valence-electron chi connectivity index (χ1n) is 6.77. The van der Waals surface area contributed by atoms with Crippen molar-refractivity contribution in [3.8, 4) is 0 Å². The minimum Gasteiger partial charge on any atom is -0.423 e. The quantitative estimate of drug-likeness (QED) is 0.792. The predicted molar refractivity (Wildman–Crippen MR) is 79.1 cm³/mol. The molecule has 0 fully saturated rings. The van der Waals surface area contributed by atoms with Crippen molar-refractivity contribution in [2.45, 2.75) is 24.0 Å². The summed E-state index contributed by atoms with van der Waals surface area (Å²) in [6.07, 6.45) is -4.47. The third kappa shape index (κ3) is 5.05. The first kappa shape index (κ1) is 18.4. The van der Waals surface area contributed by atoms with Crippen molar-refractivity contribution in [1.29, 1.82) is 0 Å². The fraction of sp³-hybridized carbons (Fsp3) is 0.357. The average molecular weight is 365 g/mol. The summed E-state index contributed by atoms with van der Waals surface area (Å²) < 4.78 is 72.0. The van der Waals surface area contributed by atoms with Gasteiger partial charge in [-0.3, -0.25) is 0 Å². The van der Waals surface area contributed by atoms with E-state index in [0.29, 0.717) is 5.39 Å². The minimum atomic E-state index is -4.47. The van der Waals surface area contributed by atoms with Gasteiger partial charge in [0.15, 0.2) is 0 Å². The highest BCUT2D eigenvalue weighted by atomic mass is 32.2. The fourth-order valence-electron chi connectivity index (χ4n) is 1.94. The lowest BCUT2D eigenvalue weighted by molar-refractivity contribution is -0.174. The molecule has 0 aliphatic rings. The minimum absolute atomic E-state index is 0.105. The van der Waals surface area contributed by atoms with Crippen LogP contribution in [0.4, 0.5) is 13.2 Å². The molecule has 0 spiro atoms. The lowest BCUT2D eigenvalue weighted by atomic mass is 10.2. The standard InChI is InChI=1S/C14H14F3NO5S/c1-9(7-22-8-14(15,16)17)18-24(20,21)11-3-4-12-10(6-11)2-5-13(19)23-12/h2-6,9,18H,7-8H2,1H3/t9-/m0/s1. The molecule has 1 atom stereocenters. The lowest BCUT2D eigenvalue weighted by Crippen LogP contribution is -2.36. The van der Waals surface area contributed by atoms with E-state index in [-0.39, 0.29) is 10.5 Å². The predicted octanol–water partition coefficient (Wildman–Crippen LogP) is 2.04. The molecule has 0 saturated carbocycles. The first-order valence-corrected chi connectivity index (χ1v) is 8.26. The van der Waals surface area contributed by atoms with Crippen LogP contribution < -0.4 is 10.3 Å². The number of alkyl halides is 3. The van der Waals surface area contributed by atoms with Crippen LogP contribution in [0.1, 0.15) is 6.92 Å². The van der Waals surface area contributed by atoms with E-state index in [2.05, 4.69) is 9.46 Å². The Hall–Kier alpha value is -1.91. The summed E-state index contributed by atoms with van der Waals surface area (Å²) in [6.45, 7) is -0.497. The molecule has 6 nitrogen and oxygen atoms in total. The molecule has 132 valence electrons. The Kier molecular flexibility index (Phi) is 5.31. The maximum atomic E-state index is 12.2. The van der Waals surface area contributed by atoms with Crippen molar-refractivity contribution in [2.24, 2.45) is 0 Å². The van der Waals surface area contributed by atoms with Gasteiger partial charge in [-0.15, -0.1) is 0 Å². The summed E-state index contributed by atoms with van der Waals surface area (Å²) in [5.74, 6) is 0.